The summed E-state index contributed by atoms with van der Waals surface area (Å²) >= 11 is 0. The van der Waals surface area contributed by atoms with Gasteiger partial charge in [0, 0.05) is 31.9 Å². The van der Waals surface area contributed by atoms with E-state index in [0.717, 1.165) is 18.4 Å². The fourth-order valence-electron chi connectivity index (χ4n) is 3.28. The molecule has 1 heterocycles. The van der Waals surface area contributed by atoms with Gasteiger partial charge in [-0.05, 0) is 49.4 Å². The molecule has 0 spiro atoms. The minimum atomic E-state index is -3.57. The van der Waals surface area contributed by atoms with E-state index in [1.807, 2.05) is 38.2 Å². The highest BCUT2D eigenvalue weighted by molar-refractivity contribution is 7.89. The van der Waals surface area contributed by atoms with E-state index in [9.17, 15) is 8.42 Å². The van der Waals surface area contributed by atoms with Crippen molar-refractivity contribution in [3.63, 3.8) is 0 Å². The Hall–Kier alpha value is -2.15. The zero-order valence-electron chi connectivity index (χ0n) is 16.1. The lowest BCUT2D eigenvalue weighted by atomic mass is 10.2. The predicted molar refractivity (Wildman–Crippen MR) is 108 cm³/mol. The summed E-state index contributed by atoms with van der Waals surface area (Å²) in [6, 6.07) is 17.3. The summed E-state index contributed by atoms with van der Waals surface area (Å²) in [5.41, 5.74) is 3.41. The molecule has 5 nitrogen and oxygen atoms in total. The minimum absolute atomic E-state index is 0.0469. The van der Waals surface area contributed by atoms with Crippen LogP contribution in [0.2, 0.25) is 0 Å². The van der Waals surface area contributed by atoms with Gasteiger partial charge in [-0.15, -0.1) is 0 Å². The van der Waals surface area contributed by atoms with Crippen molar-refractivity contribution >= 4 is 20.9 Å². The van der Waals surface area contributed by atoms with Crippen LogP contribution in [0, 0.1) is 6.92 Å². The lowest BCUT2D eigenvalue weighted by Gasteiger charge is -2.21. The molecule has 0 aliphatic carbocycles. The average Bonchev–Trinajstić information content (AvgIpc) is 2.97. The predicted octanol–water partition coefficient (Wildman–Crippen LogP) is 3.71. The molecule has 1 aromatic heterocycles. The zero-order chi connectivity index (χ0) is 19.4. The zero-order valence-corrected chi connectivity index (χ0v) is 16.9. The van der Waals surface area contributed by atoms with Gasteiger partial charge in [0.2, 0.25) is 10.0 Å². The number of rotatable bonds is 8. The van der Waals surface area contributed by atoms with E-state index in [1.165, 1.54) is 28.0 Å². The van der Waals surface area contributed by atoms with E-state index in [0.29, 0.717) is 11.4 Å². The number of hydrogen-bond donors (Lipinski definition) is 0. The van der Waals surface area contributed by atoms with Gasteiger partial charge in [0.05, 0.1) is 4.90 Å². The number of hydrogen-bond acceptors (Lipinski definition) is 3. The third kappa shape index (κ3) is 4.24. The molecule has 144 valence electrons. The van der Waals surface area contributed by atoms with Crippen LogP contribution in [0.5, 0.6) is 0 Å². The molecular weight excluding hydrogens is 360 g/mol. The molecular formula is C21H26N2O3S. The quantitative estimate of drug-likeness (QED) is 0.555. The molecule has 0 fully saturated rings. The second-order valence-electron chi connectivity index (χ2n) is 6.77. The number of para-hydroxylation sites is 1. The SMILES string of the molecule is COCN(CCCc1cc2ccccc2n1C)S(=O)(=O)c1ccc(C)cc1. The molecule has 3 aromatic rings. The van der Waals surface area contributed by atoms with Crippen LogP contribution in [-0.2, 0) is 28.2 Å². The Labute approximate surface area is 161 Å². The number of methoxy groups -OCH3 is 1. The third-order valence-electron chi connectivity index (χ3n) is 4.82. The van der Waals surface area contributed by atoms with E-state index in [2.05, 4.69) is 22.8 Å². The number of fused-ring (bicyclic) bond motifs is 1. The summed E-state index contributed by atoms with van der Waals surface area (Å²) in [4.78, 5) is 0.301. The summed E-state index contributed by atoms with van der Waals surface area (Å²) in [5.74, 6) is 0. The van der Waals surface area contributed by atoms with Gasteiger partial charge in [0.15, 0.2) is 0 Å². The van der Waals surface area contributed by atoms with Gasteiger partial charge in [0.25, 0.3) is 0 Å². The Morgan fingerprint density at radius 2 is 1.78 bits per heavy atom. The first-order valence-corrected chi connectivity index (χ1v) is 10.5. The van der Waals surface area contributed by atoms with Crippen molar-refractivity contribution in [1.29, 1.82) is 0 Å². The Balaban J connectivity index is 1.72. The first-order chi connectivity index (χ1) is 12.9. The molecule has 0 bridgehead atoms. The van der Waals surface area contributed by atoms with E-state index < -0.39 is 10.0 Å². The maximum absolute atomic E-state index is 12.9. The fraction of sp³-hybridized carbons (Fsp3) is 0.333. The van der Waals surface area contributed by atoms with Crippen molar-refractivity contribution in [1.82, 2.24) is 8.87 Å². The van der Waals surface area contributed by atoms with Crippen molar-refractivity contribution in [2.24, 2.45) is 7.05 Å². The van der Waals surface area contributed by atoms with Crippen molar-refractivity contribution in [2.75, 3.05) is 20.4 Å². The molecule has 6 heteroatoms. The van der Waals surface area contributed by atoms with Gasteiger partial charge in [0.1, 0.15) is 6.73 Å². The summed E-state index contributed by atoms with van der Waals surface area (Å²) in [7, 11) is -0.00293. The maximum Gasteiger partial charge on any atom is 0.245 e. The number of sulfonamides is 1. The average molecular weight is 387 g/mol. The third-order valence-corrected chi connectivity index (χ3v) is 6.66. The largest absolute Gasteiger partial charge is 0.368 e. The van der Waals surface area contributed by atoms with Gasteiger partial charge in [-0.2, -0.15) is 4.31 Å². The van der Waals surface area contributed by atoms with Crippen LogP contribution < -0.4 is 0 Å². The van der Waals surface area contributed by atoms with Gasteiger partial charge < -0.3 is 9.30 Å². The molecule has 0 saturated heterocycles. The minimum Gasteiger partial charge on any atom is -0.368 e. The van der Waals surface area contributed by atoms with Gasteiger partial charge in [-0.1, -0.05) is 35.9 Å². The molecule has 0 radical (unpaired) electrons. The molecule has 0 atom stereocenters. The summed E-state index contributed by atoms with van der Waals surface area (Å²) in [6.45, 7) is 2.39. The molecule has 27 heavy (non-hydrogen) atoms. The second kappa shape index (κ2) is 8.25. The highest BCUT2D eigenvalue weighted by Gasteiger charge is 2.24. The monoisotopic (exact) mass is 386 g/mol. The van der Waals surface area contributed by atoms with Crippen molar-refractivity contribution in [3.05, 3.63) is 65.9 Å². The van der Waals surface area contributed by atoms with Crippen LogP contribution in [0.15, 0.2) is 59.5 Å². The number of benzene rings is 2. The van der Waals surface area contributed by atoms with Gasteiger partial charge in [-0.25, -0.2) is 8.42 Å². The van der Waals surface area contributed by atoms with Crippen molar-refractivity contribution < 1.29 is 13.2 Å². The van der Waals surface area contributed by atoms with Crippen molar-refractivity contribution in [2.45, 2.75) is 24.7 Å². The lowest BCUT2D eigenvalue weighted by molar-refractivity contribution is 0.116. The van der Waals surface area contributed by atoms with E-state index in [4.69, 9.17) is 4.74 Å². The van der Waals surface area contributed by atoms with Gasteiger partial charge in [-0.3, -0.25) is 0 Å². The van der Waals surface area contributed by atoms with E-state index >= 15 is 0 Å². The molecule has 0 amide bonds. The topological polar surface area (TPSA) is 51.5 Å². The standard InChI is InChI=1S/C21H26N2O3S/c1-17-10-12-20(13-11-17)27(24,25)23(16-26-3)14-6-8-19-15-18-7-4-5-9-21(18)22(19)2/h4-5,7,9-13,15H,6,8,14,16H2,1-3H3. The Morgan fingerprint density at radius 3 is 2.44 bits per heavy atom. The number of aromatic nitrogens is 1. The van der Waals surface area contributed by atoms with Gasteiger partial charge >= 0.3 is 0 Å². The lowest BCUT2D eigenvalue weighted by Crippen LogP contribution is -2.34. The van der Waals surface area contributed by atoms with Crippen LogP contribution in [0.3, 0.4) is 0 Å². The molecule has 0 N–H and O–H groups in total. The molecule has 0 saturated carbocycles. The first kappa shape index (κ1) is 19.6. The molecule has 3 rings (SSSR count). The molecule has 0 aliphatic heterocycles. The Kier molecular flexibility index (Phi) is 5.99. The number of nitrogens with zero attached hydrogens (tertiary/aromatic N) is 2. The summed E-state index contributed by atoms with van der Waals surface area (Å²) in [5, 5.41) is 1.20. The highest BCUT2D eigenvalue weighted by Crippen LogP contribution is 2.21. The second-order valence-corrected chi connectivity index (χ2v) is 8.71. The maximum atomic E-state index is 12.9. The highest BCUT2D eigenvalue weighted by atomic mass is 32.2. The molecule has 0 aliphatic rings. The van der Waals surface area contributed by atoms with Crippen LogP contribution in [0.1, 0.15) is 17.7 Å². The number of ether oxygens (including phenoxy) is 1. The van der Waals surface area contributed by atoms with Crippen molar-refractivity contribution in [3.8, 4) is 0 Å². The number of aryl methyl sites for hydroxylation is 3. The van der Waals surface area contributed by atoms with Crippen LogP contribution >= 0.6 is 0 Å². The Bertz CT molecular complexity index is 1010. The summed E-state index contributed by atoms with van der Waals surface area (Å²) < 4.78 is 34.6. The first-order valence-electron chi connectivity index (χ1n) is 9.02. The van der Waals surface area contributed by atoms with Crippen LogP contribution in [-0.4, -0.2) is 37.7 Å². The van der Waals surface area contributed by atoms with E-state index in [-0.39, 0.29) is 6.73 Å². The van der Waals surface area contributed by atoms with Crippen LogP contribution in [0.25, 0.3) is 10.9 Å². The molecule has 2 aromatic carbocycles. The van der Waals surface area contributed by atoms with Crippen LogP contribution in [0.4, 0.5) is 0 Å². The smallest absolute Gasteiger partial charge is 0.245 e. The summed E-state index contributed by atoms with van der Waals surface area (Å²) in [6.07, 6.45) is 1.52. The normalized spacial score (nSPS) is 12.1. The molecule has 0 unspecified atom stereocenters. The van der Waals surface area contributed by atoms with E-state index in [1.54, 1.807) is 12.1 Å². The Morgan fingerprint density at radius 1 is 1.07 bits per heavy atom. The fourth-order valence-corrected chi connectivity index (χ4v) is 4.67.